The maximum Gasteiger partial charge on any atom is 0.0643 e. The molecule has 0 spiro atoms. The van der Waals surface area contributed by atoms with Gasteiger partial charge in [0, 0.05) is 19.6 Å². The van der Waals surface area contributed by atoms with Gasteiger partial charge in [-0.2, -0.15) is 0 Å². The van der Waals surface area contributed by atoms with Crippen molar-refractivity contribution in [2.24, 2.45) is 0 Å². The molecule has 2 nitrogen and oxygen atoms in total. The van der Waals surface area contributed by atoms with Crippen LogP contribution in [-0.4, -0.2) is 31.1 Å². The Labute approximate surface area is 162 Å². The quantitative estimate of drug-likeness (QED) is 0.708. The summed E-state index contributed by atoms with van der Waals surface area (Å²) in [5, 5.41) is 5.65. The highest BCUT2D eigenvalue weighted by atomic mass is 35.5. The maximum atomic E-state index is 6.54. The predicted octanol–water partition coefficient (Wildman–Crippen LogP) is 5.68. The van der Waals surface area contributed by atoms with E-state index in [1.165, 1.54) is 0 Å². The SMILES string of the molecule is Clc1cccc(C(c2cccc(Cl)c2Cl)N2CCCNCC2)c1Cl. The van der Waals surface area contributed by atoms with Gasteiger partial charge in [0.05, 0.1) is 26.1 Å². The van der Waals surface area contributed by atoms with E-state index in [4.69, 9.17) is 46.4 Å². The van der Waals surface area contributed by atoms with Crippen LogP contribution < -0.4 is 5.32 Å². The topological polar surface area (TPSA) is 15.3 Å². The van der Waals surface area contributed by atoms with Crippen LogP contribution in [0.5, 0.6) is 0 Å². The van der Waals surface area contributed by atoms with Crippen LogP contribution in [0.1, 0.15) is 23.6 Å². The second kappa shape index (κ2) is 8.27. The third kappa shape index (κ3) is 3.85. The summed E-state index contributed by atoms with van der Waals surface area (Å²) >= 11 is 25.6. The first-order valence-corrected chi connectivity index (χ1v) is 9.43. The zero-order chi connectivity index (χ0) is 17.1. The van der Waals surface area contributed by atoms with E-state index in [-0.39, 0.29) is 6.04 Å². The molecule has 24 heavy (non-hydrogen) atoms. The van der Waals surface area contributed by atoms with Gasteiger partial charge in [-0.15, -0.1) is 0 Å². The summed E-state index contributed by atoms with van der Waals surface area (Å²) in [5.41, 5.74) is 1.91. The van der Waals surface area contributed by atoms with E-state index in [1.807, 2.05) is 24.3 Å². The van der Waals surface area contributed by atoms with Gasteiger partial charge in [-0.25, -0.2) is 0 Å². The Bertz CT molecular complexity index is 661. The van der Waals surface area contributed by atoms with E-state index < -0.39 is 0 Å². The minimum absolute atomic E-state index is 0.0812. The van der Waals surface area contributed by atoms with Gasteiger partial charge in [0.15, 0.2) is 0 Å². The number of hydrogen-bond donors (Lipinski definition) is 1. The molecule has 0 saturated carbocycles. The smallest absolute Gasteiger partial charge is 0.0643 e. The van der Waals surface area contributed by atoms with Crippen molar-refractivity contribution in [1.29, 1.82) is 0 Å². The van der Waals surface area contributed by atoms with Gasteiger partial charge < -0.3 is 5.32 Å². The van der Waals surface area contributed by atoms with Gasteiger partial charge >= 0.3 is 0 Å². The summed E-state index contributed by atoms with van der Waals surface area (Å²) < 4.78 is 0. The summed E-state index contributed by atoms with van der Waals surface area (Å²) in [6.45, 7) is 3.78. The number of nitrogens with one attached hydrogen (secondary N) is 1. The van der Waals surface area contributed by atoms with E-state index in [0.29, 0.717) is 20.1 Å². The minimum Gasteiger partial charge on any atom is -0.315 e. The Balaban J connectivity index is 2.13. The van der Waals surface area contributed by atoms with Crippen molar-refractivity contribution in [3.8, 4) is 0 Å². The molecule has 128 valence electrons. The van der Waals surface area contributed by atoms with E-state index >= 15 is 0 Å². The molecule has 2 aromatic rings. The minimum atomic E-state index is -0.0812. The first-order valence-electron chi connectivity index (χ1n) is 7.92. The van der Waals surface area contributed by atoms with Crippen molar-refractivity contribution in [2.45, 2.75) is 12.5 Å². The van der Waals surface area contributed by atoms with Crippen LogP contribution in [0.3, 0.4) is 0 Å². The number of nitrogens with zero attached hydrogens (tertiary/aromatic N) is 1. The molecule has 1 N–H and O–H groups in total. The van der Waals surface area contributed by atoms with Crippen LogP contribution in [-0.2, 0) is 0 Å². The third-order valence-electron chi connectivity index (χ3n) is 4.29. The fourth-order valence-corrected chi connectivity index (χ4v) is 3.97. The van der Waals surface area contributed by atoms with E-state index in [0.717, 1.165) is 43.7 Å². The Morgan fingerprint density at radius 1 is 0.792 bits per heavy atom. The molecule has 0 unspecified atom stereocenters. The normalized spacial score (nSPS) is 16.4. The van der Waals surface area contributed by atoms with Gasteiger partial charge in [-0.05, 0) is 36.2 Å². The molecule has 1 fully saturated rings. The number of benzene rings is 2. The van der Waals surface area contributed by atoms with E-state index in [2.05, 4.69) is 10.2 Å². The molecular weight excluding hydrogens is 386 g/mol. The molecule has 0 aromatic heterocycles. The molecule has 0 atom stereocenters. The average molecular weight is 404 g/mol. The first-order chi connectivity index (χ1) is 11.6. The van der Waals surface area contributed by atoms with Crippen molar-refractivity contribution in [1.82, 2.24) is 10.2 Å². The summed E-state index contributed by atoms with van der Waals surface area (Å²) in [6, 6.07) is 11.4. The van der Waals surface area contributed by atoms with E-state index in [9.17, 15) is 0 Å². The van der Waals surface area contributed by atoms with Crippen LogP contribution in [0.15, 0.2) is 36.4 Å². The summed E-state index contributed by atoms with van der Waals surface area (Å²) in [5.74, 6) is 0. The zero-order valence-electron chi connectivity index (χ0n) is 13.0. The molecule has 2 aromatic carbocycles. The molecule has 6 heteroatoms. The van der Waals surface area contributed by atoms with Crippen molar-refractivity contribution < 1.29 is 0 Å². The molecule has 0 radical (unpaired) electrons. The fourth-order valence-electron chi connectivity index (χ4n) is 3.15. The second-order valence-electron chi connectivity index (χ2n) is 5.83. The van der Waals surface area contributed by atoms with Crippen molar-refractivity contribution in [3.63, 3.8) is 0 Å². The summed E-state index contributed by atoms with van der Waals surface area (Å²) in [7, 11) is 0. The number of rotatable bonds is 3. The lowest BCUT2D eigenvalue weighted by atomic mass is 9.96. The molecule has 0 aliphatic carbocycles. The second-order valence-corrected chi connectivity index (χ2v) is 7.40. The third-order valence-corrected chi connectivity index (χ3v) is 5.96. The monoisotopic (exact) mass is 402 g/mol. The first kappa shape index (κ1) is 18.3. The van der Waals surface area contributed by atoms with Gasteiger partial charge in [-0.3, -0.25) is 4.90 Å². The Kier molecular flexibility index (Phi) is 6.31. The highest BCUT2D eigenvalue weighted by Crippen LogP contribution is 2.41. The number of hydrogen-bond acceptors (Lipinski definition) is 2. The van der Waals surface area contributed by atoms with E-state index in [1.54, 1.807) is 12.1 Å². The Hall–Kier alpha value is -0.480. The zero-order valence-corrected chi connectivity index (χ0v) is 16.1. The lowest BCUT2D eigenvalue weighted by Crippen LogP contribution is -2.33. The van der Waals surface area contributed by atoms with Crippen LogP contribution in [0, 0.1) is 0 Å². The highest BCUT2D eigenvalue weighted by Gasteiger charge is 2.28. The molecule has 1 heterocycles. The highest BCUT2D eigenvalue weighted by molar-refractivity contribution is 6.43. The Morgan fingerprint density at radius 2 is 1.38 bits per heavy atom. The van der Waals surface area contributed by atoms with Crippen molar-refractivity contribution in [3.05, 3.63) is 67.6 Å². The molecule has 1 aliphatic heterocycles. The maximum absolute atomic E-state index is 6.54. The standard InChI is InChI=1S/C18H18Cl4N2/c19-14-6-1-4-12(16(14)21)18(24-10-3-8-23-9-11-24)13-5-2-7-15(20)17(13)22/h1-2,4-7,18,23H,3,8-11H2. The Morgan fingerprint density at radius 3 is 1.96 bits per heavy atom. The van der Waals surface area contributed by atoms with Gasteiger partial charge in [0.2, 0.25) is 0 Å². The van der Waals surface area contributed by atoms with Crippen molar-refractivity contribution >= 4 is 46.4 Å². The molecule has 0 bridgehead atoms. The lowest BCUT2D eigenvalue weighted by molar-refractivity contribution is 0.241. The average Bonchev–Trinajstić information content (AvgIpc) is 2.85. The summed E-state index contributed by atoms with van der Waals surface area (Å²) in [6.07, 6.45) is 1.06. The summed E-state index contributed by atoms with van der Waals surface area (Å²) in [4.78, 5) is 2.38. The molecule has 0 amide bonds. The number of halogens is 4. The van der Waals surface area contributed by atoms with Gasteiger partial charge in [0.1, 0.15) is 0 Å². The molecule has 3 rings (SSSR count). The predicted molar refractivity (Wildman–Crippen MR) is 104 cm³/mol. The largest absolute Gasteiger partial charge is 0.315 e. The lowest BCUT2D eigenvalue weighted by Gasteiger charge is -2.32. The van der Waals surface area contributed by atoms with Crippen LogP contribution in [0.2, 0.25) is 20.1 Å². The molecule has 1 aliphatic rings. The van der Waals surface area contributed by atoms with Crippen LogP contribution in [0.25, 0.3) is 0 Å². The fraction of sp³-hybridized carbons (Fsp3) is 0.333. The van der Waals surface area contributed by atoms with Gasteiger partial charge in [0.25, 0.3) is 0 Å². The van der Waals surface area contributed by atoms with Gasteiger partial charge in [-0.1, -0.05) is 70.7 Å². The van der Waals surface area contributed by atoms with Crippen LogP contribution in [0.4, 0.5) is 0 Å². The van der Waals surface area contributed by atoms with Crippen LogP contribution >= 0.6 is 46.4 Å². The molecule has 1 saturated heterocycles. The molecular formula is C18H18Cl4N2. The van der Waals surface area contributed by atoms with Crippen molar-refractivity contribution in [2.75, 3.05) is 26.2 Å².